The third kappa shape index (κ3) is 2.48. The molecule has 5 nitrogen and oxygen atoms in total. The van der Waals surface area contributed by atoms with Gasteiger partial charge in [-0.25, -0.2) is 4.98 Å². The molecular weight excluding hydrogens is 334 g/mol. The number of halogens is 1. The molecule has 0 amide bonds. The number of anilines is 1. The first-order chi connectivity index (χ1) is 9.88. The van der Waals surface area contributed by atoms with Gasteiger partial charge in [0.15, 0.2) is 11.5 Å². The van der Waals surface area contributed by atoms with E-state index in [0.29, 0.717) is 19.0 Å². The molecular formula is C15H18BrN3O2. The summed E-state index contributed by atoms with van der Waals surface area (Å²) >= 11 is 3.52. The van der Waals surface area contributed by atoms with Gasteiger partial charge in [0.05, 0.1) is 10.8 Å². The van der Waals surface area contributed by atoms with Crippen molar-refractivity contribution in [3.63, 3.8) is 0 Å². The van der Waals surface area contributed by atoms with Crippen molar-refractivity contribution in [1.29, 1.82) is 0 Å². The molecule has 112 valence electrons. The standard InChI is InChI=1S/C15H18BrN3O2/c1-15(2,3)19-8-18-12(14(19)17)9-6-10(16)13-11(7-9)20-4-5-21-13/h6-8H,4-5,17H2,1-3H3. The summed E-state index contributed by atoms with van der Waals surface area (Å²) in [4.78, 5) is 4.46. The Morgan fingerprint density at radius 2 is 1.95 bits per heavy atom. The van der Waals surface area contributed by atoms with Crippen LogP contribution in [0.3, 0.4) is 0 Å². The first kappa shape index (κ1) is 14.3. The van der Waals surface area contributed by atoms with Crippen molar-refractivity contribution in [2.75, 3.05) is 18.9 Å². The number of ether oxygens (including phenoxy) is 2. The molecule has 21 heavy (non-hydrogen) atoms. The smallest absolute Gasteiger partial charge is 0.175 e. The van der Waals surface area contributed by atoms with Crippen molar-refractivity contribution >= 4 is 21.7 Å². The number of aromatic nitrogens is 2. The maximum Gasteiger partial charge on any atom is 0.175 e. The van der Waals surface area contributed by atoms with E-state index < -0.39 is 0 Å². The van der Waals surface area contributed by atoms with Gasteiger partial charge in [-0.1, -0.05) is 0 Å². The fourth-order valence-electron chi connectivity index (χ4n) is 2.36. The van der Waals surface area contributed by atoms with Crippen molar-refractivity contribution < 1.29 is 9.47 Å². The van der Waals surface area contributed by atoms with Crippen LogP contribution < -0.4 is 15.2 Å². The van der Waals surface area contributed by atoms with Gasteiger partial charge in [-0.2, -0.15) is 0 Å². The number of nitrogens with zero attached hydrogens (tertiary/aromatic N) is 2. The summed E-state index contributed by atoms with van der Waals surface area (Å²) in [7, 11) is 0. The third-order valence-corrected chi connectivity index (χ3v) is 3.99. The molecule has 6 heteroatoms. The molecule has 0 radical (unpaired) electrons. The van der Waals surface area contributed by atoms with Crippen LogP contribution >= 0.6 is 15.9 Å². The monoisotopic (exact) mass is 351 g/mol. The first-order valence-corrected chi connectivity index (χ1v) is 7.60. The summed E-state index contributed by atoms with van der Waals surface area (Å²) in [6, 6.07) is 3.88. The summed E-state index contributed by atoms with van der Waals surface area (Å²) in [5.74, 6) is 2.10. The molecule has 0 fully saturated rings. The number of nitrogen functional groups attached to an aromatic ring is 1. The second-order valence-electron chi connectivity index (χ2n) is 6.00. The van der Waals surface area contributed by atoms with Crippen LogP contribution in [0.25, 0.3) is 11.3 Å². The second-order valence-corrected chi connectivity index (χ2v) is 6.86. The Balaban J connectivity index is 2.10. The third-order valence-electron chi connectivity index (χ3n) is 3.40. The Morgan fingerprint density at radius 3 is 2.62 bits per heavy atom. The molecule has 0 spiro atoms. The lowest BCUT2D eigenvalue weighted by Crippen LogP contribution is -2.22. The molecule has 1 aromatic carbocycles. The molecule has 0 bridgehead atoms. The highest BCUT2D eigenvalue weighted by Crippen LogP contribution is 2.42. The van der Waals surface area contributed by atoms with E-state index in [4.69, 9.17) is 15.2 Å². The van der Waals surface area contributed by atoms with E-state index in [1.54, 1.807) is 6.33 Å². The number of rotatable bonds is 1. The quantitative estimate of drug-likeness (QED) is 0.854. The van der Waals surface area contributed by atoms with Gasteiger partial charge in [-0.15, -0.1) is 0 Å². The molecule has 0 saturated carbocycles. The van der Waals surface area contributed by atoms with E-state index in [1.807, 2.05) is 16.7 Å². The van der Waals surface area contributed by atoms with Gasteiger partial charge < -0.3 is 19.8 Å². The van der Waals surface area contributed by atoms with Gasteiger partial charge in [-0.05, 0) is 48.8 Å². The summed E-state index contributed by atoms with van der Waals surface area (Å²) in [6.07, 6.45) is 1.77. The molecule has 3 rings (SSSR count). The van der Waals surface area contributed by atoms with Gasteiger partial charge in [-0.3, -0.25) is 0 Å². The lowest BCUT2D eigenvalue weighted by Gasteiger charge is -2.22. The highest BCUT2D eigenvalue weighted by Gasteiger charge is 2.22. The molecule has 2 aromatic rings. The minimum absolute atomic E-state index is 0.111. The lowest BCUT2D eigenvalue weighted by atomic mass is 10.1. The number of imidazole rings is 1. The molecule has 0 atom stereocenters. The van der Waals surface area contributed by atoms with E-state index in [1.165, 1.54) is 0 Å². The zero-order valence-electron chi connectivity index (χ0n) is 12.3. The van der Waals surface area contributed by atoms with Gasteiger partial charge >= 0.3 is 0 Å². The van der Waals surface area contributed by atoms with Crippen molar-refractivity contribution in [2.45, 2.75) is 26.3 Å². The van der Waals surface area contributed by atoms with Crippen LogP contribution in [0.15, 0.2) is 22.9 Å². The molecule has 0 saturated heterocycles. The minimum Gasteiger partial charge on any atom is -0.486 e. The van der Waals surface area contributed by atoms with Gasteiger partial charge in [0.25, 0.3) is 0 Å². The predicted octanol–water partition coefficient (Wildman–Crippen LogP) is 3.42. The maximum absolute atomic E-state index is 6.26. The van der Waals surface area contributed by atoms with Crippen LogP contribution in [0.2, 0.25) is 0 Å². The highest BCUT2D eigenvalue weighted by molar-refractivity contribution is 9.10. The van der Waals surface area contributed by atoms with Crippen molar-refractivity contribution in [2.24, 2.45) is 0 Å². The number of fused-ring (bicyclic) bond motifs is 1. The molecule has 0 unspecified atom stereocenters. The molecule has 1 aliphatic heterocycles. The zero-order chi connectivity index (χ0) is 15.2. The highest BCUT2D eigenvalue weighted by atomic mass is 79.9. The maximum atomic E-state index is 6.26. The Labute approximate surface area is 132 Å². The summed E-state index contributed by atoms with van der Waals surface area (Å²) in [5.41, 5.74) is 7.81. The van der Waals surface area contributed by atoms with Crippen molar-refractivity contribution in [3.05, 3.63) is 22.9 Å². The fraction of sp³-hybridized carbons (Fsp3) is 0.400. The van der Waals surface area contributed by atoms with E-state index in [9.17, 15) is 0 Å². The number of nitrogens with two attached hydrogens (primary N) is 1. The predicted molar refractivity (Wildman–Crippen MR) is 85.8 cm³/mol. The van der Waals surface area contributed by atoms with E-state index in [-0.39, 0.29) is 5.54 Å². The fourth-order valence-corrected chi connectivity index (χ4v) is 2.92. The largest absolute Gasteiger partial charge is 0.486 e. The van der Waals surface area contributed by atoms with Crippen LogP contribution in [-0.2, 0) is 5.54 Å². The van der Waals surface area contributed by atoms with Gasteiger partial charge in [0.2, 0.25) is 0 Å². The number of benzene rings is 1. The molecule has 1 aromatic heterocycles. The van der Waals surface area contributed by atoms with Crippen molar-refractivity contribution in [3.8, 4) is 22.8 Å². The van der Waals surface area contributed by atoms with Gasteiger partial charge in [0, 0.05) is 11.1 Å². The summed E-state index contributed by atoms with van der Waals surface area (Å²) in [5, 5.41) is 0. The average Bonchev–Trinajstić information content (AvgIpc) is 2.80. The Kier molecular flexibility index (Phi) is 3.36. The molecule has 2 N–H and O–H groups in total. The molecule has 1 aliphatic rings. The van der Waals surface area contributed by atoms with E-state index >= 15 is 0 Å². The molecule has 0 aliphatic carbocycles. The van der Waals surface area contributed by atoms with E-state index in [2.05, 4.69) is 41.7 Å². The lowest BCUT2D eigenvalue weighted by molar-refractivity contribution is 0.170. The van der Waals surface area contributed by atoms with Gasteiger partial charge in [0.1, 0.15) is 24.7 Å². The summed E-state index contributed by atoms with van der Waals surface area (Å²) < 4.78 is 14.1. The Bertz CT molecular complexity index is 689. The summed E-state index contributed by atoms with van der Waals surface area (Å²) in [6.45, 7) is 7.39. The topological polar surface area (TPSA) is 62.3 Å². The zero-order valence-corrected chi connectivity index (χ0v) is 13.9. The first-order valence-electron chi connectivity index (χ1n) is 6.81. The SMILES string of the molecule is CC(C)(C)n1cnc(-c2cc(Br)c3c(c2)OCCO3)c1N. The van der Waals surface area contributed by atoms with Crippen LogP contribution in [0, 0.1) is 0 Å². The van der Waals surface area contributed by atoms with Crippen molar-refractivity contribution in [1.82, 2.24) is 9.55 Å². The second kappa shape index (κ2) is 4.94. The van der Waals surface area contributed by atoms with Crippen LogP contribution in [0.5, 0.6) is 11.5 Å². The average molecular weight is 352 g/mol. The van der Waals surface area contributed by atoms with Crippen LogP contribution in [0.4, 0.5) is 5.82 Å². The van der Waals surface area contributed by atoms with E-state index in [0.717, 1.165) is 27.2 Å². The number of hydrogen-bond acceptors (Lipinski definition) is 4. The van der Waals surface area contributed by atoms with Crippen LogP contribution in [-0.4, -0.2) is 22.8 Å². The Morgan fingerprint density at radius 1 is 1.24 bits per heavy atom. The normalized spacial score (nSPS) is 14.3. The number of hydrogen-bond donors (Lipinski definition) is 1. The molecule has 2 heterocycles. The van der Waals surface area contributed by atoms with Crippen LogP contribution in [0.1, 0.15) is 20.8 Å². The Hall–Kier alpha value is -1.69. The minimum atomic E-state index is -0.111.